The predicted octanol–water partition coefficient (Wildman–Crippen LogP) is 6.18. The summed E-state index contributed by atoms with van der Waals surface area (Å²) in [6, 6.07) is 4.65. The van der Waals surface area contributed by atoms with Gasteiger partial charge >= 0.3 is 5.97 Å². The molecule has 164 valence electrons. The van der Waals surface area contributed by atoms with Crippen molar-refractivity contribution in [3.63, 3.8) is 0 Å². The van der Waals surface area contributed by atoms with Crippen molar-refractivity contribution in [2.75, 3.05) is 0 Å². The van der Waals surface area contributed by atoms with Gasteiger partial charge in [-0.05, 0) is 109 Å². The van der Waals surface area contributed by atoms with Crippen LogP contribution in [0, 0.1) is 19.3 Å². The van der Waals surface area contributed by atoms with Crippen molar-refractivity contribution >= 4 is 12.4 Å². The van der Waals surface area contributed by atoms with Gasteiger partial charge in [0, 0.05) is 0 Å². The van der Waals surface area contributed by atoms with Crippen molar-refractivity contribution in [2.45, 2.75) is 105 Å². The van der Waals surface area contributed by atoms with Gasteiger partial charge in [0.05, 0.1) is 5.41 Å². The van der Waals surface area contributed by atoms with Crippen LogP contribution in [0.15, 0.2) is 12.1 Å². The maximum atomic E-state index is 11.2. The van der Waals surface area contributed by atoms with Crippen LogP contribution in [0.4, 0.5) is 0 Å². The summed E-state index contributed by atoms with van der Waals surface area (Å²) in [4.78, 5) is 21.7. The number of aliphatic carboxylic acids is 1. The predicted molar refractivity (Wildman–Crippen MR) is 118 cm³/mol. The summed E-state index contributed by atoms with van der Waals surface area (Å²) in [6.07, 6.45) is 8.95. The molecule has 0 unspecified atom stereocenters. The van der Waals surface area contributed by atoms with Gasteiger partial charge in [0.2, 0.25) is 0 Å². The molecule has 1 aromatic carbocycles. The summed E-state index contributed by atoms with van der Waals surface area (Å²) in [6.45, 7) is 12.4. The first-order valence-electron chi connectivity index (χ1n) is 10.9. The van der Waals surface area contributed by atoms with Crippen LogP contribution in [0.2, 0.25) is 0 Å². The fourth-order valence-corrected chi connectivity index (χ4v) is 3.70. The molecule has 0 aromatic heterocycles. The molecule has 0 bridgehead atoms. The first-order chi connectivity index (χ1) is 13.5. The number of hydrogen-bond acceptors (Lipinski definition) is 3. The van der Waals surface area contributed by atoms with Crippen molar-refractivity contribution in [2.24, 2.45) is 5.41 Å². The maximum Gasteiger partial charge on any atom is 0.309 e. The van der Waals surface area contributed by atoms with E-state index in [1.165, 1.54) is 22.3 Å². The molecule has 0 heterocycles. The van der Waals surface area contributed by atoms with Crippen LogP contribution in [0.25, 0.3) is 0 Å². The number of benzene rings is 1. The Balaban J connectivity index is 2.45. The normalized spacial score (nSPS) is 12.1. The van der Waals surface area contributed by atoms with Gasteiger partial charge in [-0.25, -0.2) is 0 Å². The first kappa shape index (κ1) is 25.2. The van der Waals surface area contributed by atoms with E-state index < -0.39 is 11.4 Å². The Bertz CT molecular complexity index is 674. The Morgan fingerprint density at radius 1 is 0.897 bits per heavy atom. The maximum absolute atomic E-state index is 11.2. The first-order valence-corrected chi connectivity index (χ1v) is 10.9. The van der Waals surface area contributed by atoms with Crippen molar-refractivity contribution in [3.05, 3.63) is 34.4 Å². The molecule has 0 amide bonds. The van der Waals surface area contributed by atoms with Crippen molar-refractivity contribution in [1.29, 1.82) is 0 Å². The fourth-order valence-electron chi connectivity index (χ4n) is 3.70. The molecule has 4 nitrogen and oxygen atoms in total. The summed E-state index contributed by atoms with van der Waals surface area (Å²) < 4.78 is 5.12. The lowest BCUT2D eigenvalue weighted by molar-refractivity contribution is -0.147. The molecular formula is C25H40O4. The van der Waals surface area contributed by atoms with Crippen LogP contribution in [0.1, 0.15) is 94.9 Å². The highest BCUT2D eigenvalue weighted by Crippen LogP contribution is 2.25. The summed E-state index contributed by atoms with van der Waals surface area (Å²) in [7, 11) is 0. The minimum absolute atomic E-state index is 0.379. The van der Waals surface area contributed by atoms with Crippen LogP contribution in [0.5, 0.6) is 0 Å². The van der Waals surface area contributed by atoms with Gasteiger partial charge in [0.15, 0.2) is 0 Å². The molecule has 0 radical (unpaired) electrons. The summed E-state index contributed by atoms with van der Waals surface area (Å²) in [5.74, 6) is -0.709. The van der Waals surface area contributed by atoms with Gasteiger partial charge in [-0.15, -0.1) is 0 Å². The van der Waals surface area contributed by atoms with Gasteiger partial charge in [-0.3, -0.25) is 9.59 Å². The number of carboxylic acids is 1. The largest absolute Gasteiger partial charge is 0.481 e. The summed E-state index contributed by atoms with van der Waals surface area (Å²) in [5.41, 5.74) is 4.51. The van der Waals surface area contributed by atoms with Gasteiger partial charge in [-0.2, -0.15) is 0 Å². The van der Waals surface area contributed by atoms with Crippen LogP contribution >= 0.6 is 0 Å². The van der Waals surface area contributed by atoms with Crippen molar-refractivity contribution in [3.8, 4) is 0 Å². The highest BCUT2D eigenvalue weighted by molar-refractivity contribution is 5.73. The lowest BCUT2D eigenvalue weighted by atomic mass is 9.86. The number of aryl methyl sites for hydroxylation is 4. The number of carbonyl (C=O) groups is 2. The summed E-state index contributed by atoms with van der Waals surface area (Å²) in [5, 5.41) is 9.19. The average Bonchev–Trinajstić information content (AvgIpc) is 2.61. The molecule has 0 saturated heterocycles. The van der Waals surface area contributed by atoms with Crippen molar-refractivity contribution < 1.29 is 19.4 Å². The quantitative estimate of drug-likeness (QED) is 0.297. The second kappa shape index (κ2) is 11.4. The van der Waals surface area contributed by atoms with E-state index in [1.54, 1.807) is 13.8 Å². The topological polar surface area (TPSA) is 63.6 Å². The molecule has 0 aliphatic rings. The number of ether oxygens (including phenoxy) is 1. The molecule has 1 aromatic rings. The molecular weight excluding hydrogens is 364 g/mol. The highest BCUT2D eigenvalue weighted by Gasteiger charge is 2.25. The molecule has 29 heavy (non-hydrogen) atoms. The third-order valence-electron chi connectivity index (χ3n) is 5.96. The van der Waals surface area contributed by atoms with Crippen LogP contribution in [-0.4, -0.2) is 23.1 Å². The number of carboxylic acid groups (broad SMARTS) is 1. The van der Waals surface area contributed by atoms with E-state index in [0.717, 1.165) is 57.8 Å². The van der Waals surface area contributed by atoms with E-state index >= 15 is 0 Å². The lowest BCUT2D eigenvalue weighted by Crippen LogP contribution is -2.23. The molecule has 0 aliphatic carbocycles. The number of carbonyl (C=O) groups excluding carboxylic acids is 1. The van der Waals surface area contributed by atoms with E-state index in [-0.39, 0.29) is 5.60 Å². The Labute approximate surface area is 177 Å². The molecule has 0 saturated carbocycles. The zero-order chi connectivity index (χ0) is 22.1. The number of hydrogen-bond donors (Lipinski definition) is 1. The molecule has 4 heteroatoms. The molecule has 0 atom stereocenters. The minimum Gasteiger partial charge on any atom is -0.481 e. The SMILES string of the molecule is Cc1cc(CCCCC(C)(C)OC=O)c(C)cc1CCCCCC(C)(C)C(=O)O. The number of rotatable bonds is 14. The standard InChI is InChI=1S/C25H40O4/c1-19-17-22(13-9-11-15-25(5,6)29-18-26)20(2)16-21(19)12-8-7-10-14-24(3,4)23(27)28/h16-18H,7-15H2,1-6H3,(H,27,28). The Morgan fingerprint density at radius 3 is 1.86 bits per heavy atom. The third-order valence-corrected chi connectivity index (χ3v) is 5.96. The molecule has 0 fully saturated rings. The van der Waals surface area contributed by atoms with E-state index in [1.807, 2.05) is 13.8 Å². The molecule has 0 spiro atoms. The van der Waals surface area contributed by atoms with E-state index in [2.05, 4.69) is 26.0 Å². The van der Waals surface area contributed by atoms with Gasteiger partial charge in [0.25, 0.3) is 6.47 Å². The second-order valence-electron chi connectivity index (χ2n) is 9.64. The number of unbranched alkanes of at least 4 members (excludes halogenated alkanes) is 3. The van der Waals surface area contributed by atoms with E-state index in [9.17, 15) is 14.7 Å². The highest BCUT2D eigenvalue weighted by atomic mass is 16.5. The van der Waals surface area contributed by atoms with Gasteiger partial charge < -0.3 is 9.84 Å². The minimum atomic E-state index is -0.709. The molecule has 0 aliphatic heterocycles. The third kappa shape index (κ3) is 9.01. The van der Waals surface area contributed by atoms with Crippen LogP contribution < -0.4 is 0 Å². The Kier molecular flexibility index (Phi) is 9.88. The van der Waals surface area contributed by atoms with Crippen molar-refractivity contribution in [1.82, 2.24) is 0 Å². The Morgan fingerprint density at radius 2 is 1.38 bits per heavy atom. The monoisotopic (exact) mass is 404 g/mol. The van der Waals surface area contributed by atoms with Gasteiger partial charge in [0.1, 0.15) is 5.60 Å². The zero-order valence-electron chi connectivity index (χ0n) is 19.3. The zero-order valence-corrected chi connectivity index (χ0v) is 19.3. The van der Waals surface area contributed by atoms with E-state index in [4.69, 9.17) is 4.74 Å². The Hall–Kier alpha value is -1.84. The average molecular weight is 405 g/mol. The second-order valence-corrected chi connectivity index (χ2v) is 9.64. The fraction of sp³-hybridized carbons (Fsp3) is 0.680. The van der Waals surface area contributed by atoms with Crippen LogP contribution in [-0.2, 0) is 27.2 Å². The molecule has 1 rings (SSSR count). The van der Waals surface area contributed by atoms with E-state index in [0.29, 0.717) is 6.47 Å². The lowest BCUT2D eigenvalue weighted by Gasteiger charge is -2.22. The summed E-state index contributed by atoms with van der Waals surface area (Å²) >= 11 is 0. The molecule has 1 N–H and O–H groups in total. The smallest absolute Gasteiger partial charge is 0.309 e. The van der Waals surface area contributed by atoms with Gasteiger partial charge in [-0.1, -0.05) is 25.0 Å². The van der Waals surface area contributed by atoms with Crippen LogP contribution in [0.3, 0.4) is 0 Å².